The normalized spacial score (nSPS) is 32.8. The predicted octanol–water partition coefficient (Wildman–Crippen LogP) is 3.34. The Morgan fingerprint density at radius 3 is 2.24 bits per heavy atom. The largest absolute Gasteiger partial charge is 0.357 e. The van der Waals surface area contributed by atoms with E-state index in [1.54, 1.807) is 6.20 Å². The van der Waals surface area contributed by atoms with Gasteiger partial charge in [0.15, 0.2) is 0 Å². The first-order valence-electron chi connectivity index (χ1n) is 11.4. The molecular formula is C23H32N4O2. The maximum Gasteiger partial charge on any atom is 0.243 e. The van der Waals surface area contributed by atoms with Gasteiger partial charge in [-0.3, -0.25) is 9.59 Å². The van der Waals surface area contributed by atoms with Crippen LogP contribution >= 0.6 is 0 Å². The Labute approximate surface area is 172 Å². The summed E-state index contributed by atoms with van der Waals surface area (Å²) < 4.78 is 0. The van der Waals surface area contributed by atoms with E-state index in [1.165, 1.54) is 38.5 Å². The lowest BCUT2D eigenvalue weighted by Gasteiger charge is -2.55. The summed E-state index contributed by atoms with van der Waals surface area (Å²) in [6.45, 7) is 2.14. The highest BCUT2D eigenvalue weighted by Crippen LogP contribution is 2.60. The van der Waals surface area contributed by atoms with Crippen molar-refractivity contribution < 1.29 is 9.59 Å². The molecule has 6 nitrogen and oxygen atoms in total. The number of amides is 2. The second-order valence-corrected chi connectivity index (χ2v) is 9.88. The van der Waals surface area contributed by atoms with Gasteiger partial charge in [0, 0.05) is 18.5 Å². The number of anilines is 2. The molecule has 2 heterocycles. The van der Waals surface area contributed by atoms with Crippen LogP contribution in [-0.4, -0.2) is 36.4 Å². The van der Waals surface area contributed by atoms with Gasteiger partial charge in [0.25, 0.3) is 0 Å². The lowest BCUT2D eigenvalue weighted by molar-refractivity contribution is -0.146. The van der Waals surface area contributed by atoms with E-state index in [0.29, 0.717) is 5.69 Å². The van der Waals surface area contributed by atoms with Crippen LogP contribution in [0.5, 0.6) is 0 Å². The van der Waals surface area contributed by atoms with Crippen molar-refractivity contribution in [2.24, 2.45) is 23.2 Å². The molecule has 29 heavy (non-hydrogen) atoms. The first-order chi connectivity index (χ1) is 14.1. The van der Waals surface area contributed by atoms with E-state index in [1.807, 2.05) is 12.1 Å². The Balaban J connectivity index is 1.13. The quantitative estimate of drug-likeness (QED) is 0.800. The smallest absolute Gasteiger partial charge is 0.243 e. The van der Waals surface area contributed by atoms with Gasteiger partial charge in [-0.2, -0.15) is 0 Å². The third kappa shape index (κ3) is 3.86. The Bertz CT molecular complexity index is 734. The number of rotatable bonds is 5. The molecule has 2 N–H and O–H groups in total. The number of nitrogens with one attached hydrogen (secondary N) is 2. The van der Waals surface area contributed by atoms with Crippen LogP contribution in [-0.2, 0) is 9.59 Å². The van der Waals surface area contributed by atoms with Crippen molar-refractivity contribution in [3.63, 3.8) is 0 Å². The van der Waals surface area contributed by atoms with E-state index >= 15 is 0 Å². The summed E-state index contributed by atoms with van der Waals surface area (Å²) in [6, 6.07) is 3.87. The van der Waals surface area contributed by atoms with Crippen LogP contribution in [0.4, 0.5) is 11.5 Å². The molecule has 1 saturated heterocycles. The van der Waals surface area contributed by atoms with Gasteiger partial charge in [0.1, 0.15) is 5.82 Å². The zero-order valence-electron chi connectivity index (χ0n) is 17.2. The van der Waals surface area contributed by atoms with Gasteiger partial charge in [0.05, 0.1) is 18.4 Å². The number of nitrogens with zero attached hydrogens (tertiary/aromatic N) is 2. The Morgan fingerprint density at radius 2 is 1.66 bits per heavy atom. The van der Waals surface area contributed by atoms with Crippen molar-refractivity contribution in [1.82, 2.24) is 10.3 Å². The Morgan fingerprint density at radius 1 is 1.00 bits per heavy atom. The SMILES string of the molecule is O=C(CNC(=O)C12CC3CC(CC(C3)C1)C2)Nc1ccc(N2CCCCC2)nc1. The van der Waals surface area contributed by atoms with Gasteiger partial charge in [-0.25, -0.2) is 4.98 Å². The summed E-state index contributed by atoms with van der Waals surface area (Å²) in [5, 5.41) is 5.81. The van der Waals surface area contributed by atoms with Gasteiger partial charge >= 0.3 is 0 Å². The van der Waals surface area contributed by atoms with Gasteiger partial charge in [-0.15, -0.1) is 0 Å². The van der Waals surface area contributed by atoms with E-state index in [2.05, 4.69) is 20.5 Å². The minimum absolute atomic E-state index is 0.0362. The zero-order valence-corrected chi connectivity index (χ0v) is 17.2. The molecule has 0 unspecified atom stereocenters. The summed E-state index contributed by atoms with van der Waals surface area (Å²) in [7, 11) is 0. The van der Waals surface area contributed by atoms with Crippen LogP contribution in [0.1, 0.15) is 57.8 Å². The molecule has 0 spiro atoms. The fourth-order valence-corrected chi connectivity index (χ4v) is 6.71. The third-order valence-electron chi connectivity index (χ3n) is 7.64. The third-order valence-corrected chi connectivity index (χ3v) is 7.64. The standard InChI is InChI=1S/C23H32N4O2/c28-21(26-19-4-5-20(24-14-19)27-6-2-1-3-7-27)15-25-22(29)23-11-16-8-17(12-23)10-18(9-16)13-23/h4-5,14,16-18H,1-3,6-13,15H2,(H,25,29)(H,26,28). The average Bonchev–Trinajstić information content (AvgIpc) is 2.72. The molecular weight excluding hydrogens is 364 g/mol. The highest BCUT2D eigenvalue weighted by atomic mass is 16.2. The van der Waals surface area contributed by atoms with Crippen LogP contribution in [0.3, 0.4) is 0 Å². The van der Waals surface area contributed by atoms with E-state index < -0.39 is 0 Å². The number of pyridine rings is 1. The van der Waals surface area contributed by atoms with Crippen molar-refractivity contribution in [3.8, 4) is 0 Å². The van der Waals surface area contributed by atoms with Crippen LogP contribution in [0.15, 0.2) is 18.3 Å². The molecule has 2 amide bonds. The molecule has 0 aromatic carbocycles. The molecule has 5 aliphatic rings. The monoisotopic (exact) mass is 396 g/mol. The average molecular weight is 397 g/mol. The molecule has 1 aliphatic heterocycles. The Hall–Kier alpha value is -2.11. The number of carbonyl (C=O) groups excluding carboxylic acids is 2. The van der Waals surface area contributed by atoms with E-state index in [4.69, 9.17) is 0 Å². The summed E-state index contributed by atoms with van der Waals surface area (Å²) in [6.07, 6.45) is 12.4. The molecule has 1 aromatic heterocycles. The molecule has 6 rings (SSSR count). The lowest BCUT2D eigenvalue weighted by Crippen LogP contribution is -2.54. The summed E-state index contributed by atoms with van der Waals surface area (Å²) in [5.41, 5.74) is 0.479. The van der Waals surface area contributed by atoms with Crippen LogP contribution in [0.2, 0.25) is 0 Å². The highest BCUT2D eigenvalue weighted by molar-refractivity contribution is 5.95. The minimum atomic E-state index is -0.202. The highest BCUT2D eigenvalue weighted by Gasteiger charge is 2.54. The first kappa shape index (κ1) is 18.9. The molecule has 0 radical (unpaired) electrons. The van der Waals surface area contributed by atoms with E-state index in [9.17, 15) is 9.59 Å². The number of aromatic nitrogens is 1. The van der Waals surface area contributed by atoms with Crippen LogP contribution < -0.4 is 15.5 Å². The fourth-order valence-electron chi connectivity index (χ4n) is 6.71. The molecule has 6 heteroatoms. The molecule has 0 atom stereocenters. The second-order valence-electron chi connectivity index (χ2n) is 9.88. The zero-order chi connectivity index (χ0) is 19.8. The number of hydrogen-bond donors (Lipinski definition) is 2. The van der Waals surface area contributed by atoms with Gasteiger partial charge in [-0.1, -0.05) is 0 Å². The minimum Gasteiger partial charge on any atom is -0.357 e. The fraction of sp³-hybridized carbons (Fsp3) is 0.696. The van der Waals surface area contributed by atoms with Gasteiger partial charge in [0.2, 0.25) is 11.8 Å². The van der Waals surface area contributed by atoms with Crippen molar-refractivity contribution >= 4 is 23.3 Å². The maximum absolute atomic E-state index is 13.0. The summed E-state index contributed by atoms with van der Waals surface area (Å²) >= 11 is 0. The molecule has 4 bridgehead atoms. The van der Waals surface area contributed by atoms with Crippen LogP contribution in [0, 0.1) is 23.2 Å². The molecule has 4 saturated carbocycles. The summed E-state index contributed by atoms with van der Waals surface area (Å²) in [5.74, 6) is 3.07. The number of hydrogen-bond acceptors (Lipinski definition) is 4. The molecule has 4 aliphatic carbocycles. The molecule has 1 aromatic rings. The van der Waals surface area contributed by atoms with Crippen molar-refractivity contribution in [2.75, 3.05) is 29.9 Å². The molecule has 156 valence electrons. The van der Waals surface area contributed by atoms with E-state index in [0.717, 1.165) is 55.9 Å². The lowest BCUT2D eigenvalue weighted by atomic mass is 9.49. The topological polar surface area (TPSA) is 74.3 Å². The van der Waals surface area contributed by atoms with Crippen molar-refractivity contribution in [1.29, 1.82) is 0 Å². The maximum atomic E-state index is 13.0. The predicted molar refractivity (Wildman–Crippen MR) is 113 cm³/mol. The number of piperidine rings is 1. The van der Waals surface area contributed by atoms with Gasteiger partial charge in [-0.05, 0) is 87.7 Å². The van der Waals surface area contributed by atoms with Crippen molar-refractivity contribution in [2.45, 2.75) is 57.8 Å². The first-order valence-corrected chi connectivity index (χ1v) is 11.4. The van der Waals surface area contributed by atoms with E-state index in [-0.39, 0.29) is 23.8 Å². The van der Waals surface area contributed by atoms with Crippen LogP contribution in [0.25, 0.3) is 0 Å². The molecule has 5 fully saturated rings. The van der Waals surface area contributed by atoms with Crippen molar-refractivity contribution in [3.05, 3.63) is 18.3 Å². The second kappa shape index (κ2) is 7.62. The summed E-state index contributed by atoms with van der Waals surface area (Å²) in [4.78, 5) is 32.1. The van der Waals surface area contributed by atoms with Gasteiger partial charge < -0.3 is 15.5 Å². The number of carbonyl (C=O) groups is 2. The Kier molecular flexibility index (Phi) is 4.96.